The number of anilines is 1. The fraction of sp³-hybridized carbons (Fsp3) is 0.273. The summed E-state index contributed by atoms with van der Waals surface area (Å²) in [5.74, 6) is -0.128. The van der Waals surface area contributed by atoms with Crippen LogP contribution in [0.4, 0.5) is 5.69 Å². The first-order valence-electron chi connectivity index (χ1n) is 5.15. The Hall–Kier alpha value is -1.75. The molecule has 5 N–H and O–H groups in total. The highest BCUT2D eigenvalue weighted by molar-refractivity contribution is 6.30. The van der Waals surface area contributed by atoms with Gasteiger partial charge in [0.15, 0.2) is 5.96 Å². The van der Waals surface area contributed by atoms with E-state index in [1.54, 1.807) is 17.0 Å². The van der Waals surface area contributed by atoms with Crippen LogP contribution >= 0.6 is 11.6 Å². The van der Waals surface area contributed by atoms with E-state index in [1.165, 1.54) is 0 Å². The van der Waals surface area contributed by atoms with Crippen LogP contribution in [0, 0.1) is 5.41 Å². The van der Waals surface area contributed by atoms with Crippen LogP contribution in [0.15, 0.2) is 29.3 Å². The van der Waals surface area contributed by atoms with Gasteiger partial charge in [0.25, 0.3) is 0 Å². The molecule has 1 aromatic rings. The van der Waals surface area contributed by atoms with E-state index < -0.39 is 0 Å². The van der Waals surface area contributed by atoms with Gasteiger partial charge < -0.3 is 16.4 Å². The highest BCUT2D eigenvalue weighted by Gasteiger charge is 2.15. The molecule has 0 aliphatic rings. The molecule has 0 fully saturated rings. The first-order chi connectivity index (χ1) is 7.91. The van der Waals surface area contributed by atoms with Gasteiger partial charge in [0.2, 0.25) is 5.96 Å². The number of benzene rings is 1. The smallest absolute Gasteiger partial charge is 0.225 e. The van der Waals surface area contributed by atoms with E-state index in [1.807, 2.05) is 26.0 Å². The Kier molecular flexibility index (Phi) is 4.34. The van der Waals surface area contributed by atoms with E-state index in [-0.39, 0.29) is 18.0 Å². The first kappa shape index (κ1) is 13.3. The van der Waals surface area contributed by atoms with Crippen molar-refractivity contribution in [3.05, 3.63) is 29.3 Å². The third-order valence-electron chi connectivity index (χ3n) is 2.08. The van der Waals surface area contributed by atoms with E-state index >= 15 is 0 Å². The quantitative estimate of drug-likeness (QED) is 0.554. The zero-order chi connectivity index (χ0) is 13.0. The fourth-order valence-corrected chi connectivity index (χ4v) is 1.57. The maximum Gasteiger partial charge on any atom is 0.225 e. The molecule has 0 amide bonds. The highest BCUT2D eigenvalue weighted by Crippen LogP contribution is 2.20. The van der Waals surface area contributed by atoms with Gasteiger partial charge in [-0.15, -0.1) is 0 Å². The zero-order valence-corrected chi connectivity index (χ0v) is 10.6. The molecule has 0 unspecified atom stereocenters. The minimum absolute atomic E-state index is 0.00215. The zero-order valence-electron chi connectivity index (χ0n) is 9.81. The summed E-state index contributed by atoms with van der Waals surface area (Å²) < 4.78 is 0. The van der Waals surface area contributed by atoms with E-state index in [0.717, 1.165) is 5.69 Å². The summed E-state index contributed by atoms with van der Waals surface area (Å²) >= 11 is 5.82. The van der Waals surface area contributed by atoms with Crippen LogP contribution in [0.2, 0.25) is 5.02 Å². The summed E-state index contributed by atoms with van der Waals surface area (Å²) in [4.78, 5) is 5.45. The largest absolute Gasteiger partial charge is 0.370 e. The summed E-state index contributed by atoms with van der Waals surface area (Å²) in [6, 6.07) is 7.22. The molecule has 0 saturated heterocycles. The molecule has 17 heavy (non-hydrogen) atoms. The van der Waals surface area contributed by atoms with Crippen molar-refractivity contribution in [3.63, 3.8) is 0 Å². The average molecular weight is 254 g/mol. The molecule has 0 heterocycles. The van der Waals surface area contributed by atoms with E-state index in [4.69, 9.17) is 28.5 Å². The number of guanidine groups is 2. The van der Waals surface area contributed by atoms with Crippen LogP contribution in [-0.4, -0.2) is 18.0 Å². The van der Waals surface area contributed by atoms with Crippen molar-refractivity contribution in [3.8, 4) is 0 Å². The van der Waals surface area contributed by atoms with Crippen LogP contribution in [0.1, 0.15) is 13.8 Å². The van der Waals surface area contributed by atoms with Crippen molar-refractivity contribution >= 4 is 29.2 Å². The maximum absolute atomic E-state index is 7.84. The lowest BCUT2D eigenvalue weighted by atomic mass is 10.2. The van der Waals surface area contributed by atoms with Gasteiger partial charge in [-0.3, -0.25) is 5.41 Å². The van der Waals surface area contributed by atoms with Crippen molar-refractivity contribution in [2.45, 2.75) is 19.9 Å². The minimum atomic E-state index is -0.130. The molecule has 0 bridgehead atoms. The second-order valence-corrected chi connectivity index (χ2v) is 4.24. The average Bonchev–Trinajstić information content (AvgIpc) is 2.19. The van der Waals surface area contributed by atoms with Crippen LogP contribution < -0.4 is 16.4 Å². The second kappa shape index (κ2) is 5.54. The number of halogens is 1. The van der Waals surface area contributed by atoms with E-state index in [9.17, 15) is 0 Å². The summed E-state index contributed by atoms with van der Waals surface area (Å²) in [7, 11) is 0. The van der Waals surface area contributed by atoms with Crippen molar-refractivity contribution in [1.29, 1.82) is 5.41 Å². The molecule has 0 radical (unpaired) electrons. The molecule has 1 aromatic carbocycles. The number of nitrogens with two attached hydrogens (primary N) is 2. The molecule has 92 valence electrons. The van der Waals surface area contributed by atoms with Gasteiger partial charge in [-0.1, -0.05) is 11.6 Å². The van der Waals surface area contributed by atoms with Crippen molar-refractivity contribution < 1.29 is 0 Å². The molecule has 6 heteroatoms. The van der Waals surface area contributed by atoms with Crippen molar-refractivity contribution in [2.75, 3.05) is 4.90 Å². The van der Waals surface area contributed by atoms with Crippen LogP contribution in [0.25, 0.3) is 0 Å². The normalized spacial score (nSPS) is 10.1. The molecular weight excluding hydrogens is 238 g/mol. The lowest BCUT2D eigenvalue weighted by Crippen LogP contribution is -2.37. The first-order valence-corrected chi connectivity index (χ1v) is 5.52. The van der Waals surface area contributed by atoms with Crippen molar-refractivity contribution in [2.24, 2.45) is 16.5 Å². The summed E-state index contributed by atoms with van der Waals surface area (Å²) in [5.41, 5.74) is 11.4. The molecule has 0 spiro atoms. The number of aliphatic imine (C=N–C) groups is 1. The Morgan fingerprint density at radius 2 is 1.82 bits per heavy atom. The summed E-state index contributed by atoms with van der Waals surface area (Å²) in [6.07, 6.45) is 0. The Morgan fingerprint density at radius 1 is 1.29 bits per heavy atom. The number of nitrogens with zero attached hydrogens (tertiary/aromatic N) is 2. The third kappa shape index (κ3) is 3.64. The number of nitrogens with one attached hydrogen (secondary N) is 1. The lowest BCUT2D eigenvalue weighted by molar-refractivity contribution is 0.799. The van der Waals surface area contributed by atoms with Crippen LogP contribution in [0.5, 0.6) is 0 Å². The standard InChI is InChI=1S/C11H16ClN5/c1-7(2)17(11(15)16-10(13)14)9-5-3-8(12)4-6-9/h3-7H,1-2H3,(H5,13,14,15,16). The molecule has 0 aliphatic carbocycles. The second-order valence-electron chi connectivity index (χ2n) is 3.80. The third-order valence-corrected chi connectivity index (χ3v) is 2.34. The molecular formula is C11H16ClN5. The van der Waals surface area contributed by atoms with E-state index in [2.05, 4.69) is 4.99 Å². The van der Waals surface area contributed by atoms with Gasteiger partial charge in [0, 0.05) is 16.8 Å². The SMILES string of the molecule is CC(C)N(C(=N)N=C(N)N)c1ccc(Cl)cc1. The minimum Gasteiger partial charge on any atom is -0.370 e. The van der Waals surface area contributed by atoms with Gasteiger partial charge in [-0.25, -0.2) is 0 Å². The molecule has 0 saturated carbocycles. The number of hydrogen-bond donors (Lipinski definition) is 3. The molecule has 5 nitrogen and oxygen atoms in total. The fourth-order valence-electron chi connectivity index (χ4n) is 1.44. The van der Waals surface area contributed by atoms with Crippen molar-refractivity contribution in [1.82, 2.24) is 0 Å². The molecule has 1 rings (SSSR count). The Bertz CT molecular complexity index is 420. The summed E-state index contributed by atoms with van der Waals surface area (Å²) in [6.45, 7) is 3.90. The summed E-state index contributed by atoms with van der Waals surface area (Å²) in [5, 5.41) is 8.49. The number of rotatable bonds is 2. The molecule has 0 aromatic heterocycles. The lowest BCUT2D eigenvalue weighted by Gasteiger charge is -2.26. The van der Waals surface area contributed by atoms with Gasteiger partial charge in [-0.2, -0.15) is 4.99 Å². The maximum atomic E-state index is 7.84. The van der Waals surface area contributed by atoms with Gasteiger partial charge in [0.05, 0.1) is 0 Å². The van der Waals surface area contributed by atoms with Gasteiger partial charge >= 0.3 is 0 Å². The highest BCUT2D eigenvalue weighted by atomic mass is 35.5. The Morgan fingerprint density at radius 3 is 2.24 bits per heavy atom. The topological polar surface area (TPSA) is 91.5 Å². The Balaban J connectivity index is 3.05. The monoisotopic (exact) mass is 253 g/mol. The predicted octanol–water partition coefficient (Wildman–Crippen LogP) is 1.76. The van der Waals surface area contributed by atoms with Gasteiger partial charge in [0.1, 0.15) is 0 Å². The Labute approximate surface area is 106 Å². The van der Waals surface area contributed by atoms with Gasteiger partial charge in [-0.05, 0) is 38.1 Å². The van der Waals surface area contributed by atoms with Crippen LogP contribution in [0.3, 0.4) is 0 Å². The predicted molar refractivity (Wildman–Crippen MR) is 72.6 cm³/mol. The molecule has 0 atom stereocenters. The number of hydrogen-bond acceptors (Lipinski definition) is 1. The van der Waals surface area contributed by atoms with E-state index in [0.29, 0.717) is 5.02 Å². The molecule has 0 aliphatic heterocycles. The van der Waals surface area contributed by atoms with Crippen LogP contribution in [-0.2, 0) is 0 Å².